The number of carbonyl (C=O) groups is 1. The SMILES string of the molecule is O=C(Cl)[C@H](CS)NCl. The number of hydrogen-bond acceptors (Lipinski definition) is 3. The molecule has 0 saturated carbocycles. The molecule has 0 rings (SSSR count). The molecule has 0 aromatic heterocycles. The summed E-state index contributed by atoms with van der Waals surface area (Å²) in [5.74, 6) is 0.311. The Kier molecular flexibility index (Phi) is 4.75. The summed E-state index contributed by atoms with van der Waals surface area (Å²) in [7, 11) is 0. The van der Waals surface area contributed by atoms with Crippen LogP contribution in [0.1, 0.15) is 0 Å². The number of nitrogens with one attached hydrogen (secondary N) is 1. The topological polar surface area (TPSA) is 29.1 Å². The van der Waals surface area contributed by atoms with Gasteiger partial charge in [-0.3, -0.25) is 4.79 Å². The van der Waals surface area contributed by atoms with Gasteiger partial charge in [0.15, 0.2) is 0 Å². The van der Waals surface area contributed by atoms with Gasteiger partial charge in [-0.2, -0.15) is 12.6 Å². The summed E-state index contributed by atoms with van der Waals surface area (Å²) in [5.41, 5.74) is 0. The molecule has 1 N–H and O–H groups in total. The smallest absolute Gasteiger partial charge is 0.240 e. The molecule has 2 nitrogen and oxygen atoms in total. The third-order valence-corrected chi connectivity index (χ3v) is 1.48. The van der Waals surface area contributed by atoms with Crippen LogP contribution in [0.3, 0.4) is 0 Å². The monoisotopic (exact) mass is 173 g/mol. The van der Waals surface area contributed by atoms with E-state index in [1.807, 2.05) is 0 Å². The van der Waals surface area contributed by atoms with Gasteiger partial charge in [0.05, 0.1) is 0 Å². The molecule has 0 amide bonds. The van der Waals surface area contributed by atoms with E-state index >= 15 is 0 Å². The Labute approximate surface area is 63.1 Å². The first kappa shape index (κ1) is 8.56. The van der Waals surface area contributed by atoms with Crippen molar-refractivity contribution in [3.05, 3.63) is 0 Å². The third-order valence-electron chi connectivity index (χ3n) is 0.588. The van der Waals surface area contributed by atoms with Crippen LogP contribution in [0.15, 0.2) is 0 Å². The third kappa shape index (κ3) is 2.77. The maximum absolute atomic E-state index is 10.2. The van der Waals surface area contributed by atoms with Crippen LogP contribution in [-0.4, -0.2) is 17.0 Å². The zero-order valence-corrected chi connectivity index (χ0v) is 6.30. The molecule has 8 heavy (non-hydrogen) atoms. The van der Waals surface area contributed by atoms with E-state index in [9.17, 15) is 4.79 Å². The molecule has 0 heterocycles. The summed E-state index contributed by atoms with van der Waals surface area (Å²) in [6.07, 6.45) is 0. The summed E-state index contributed by atoms with van der Waals surface area (Å²) < 4.78 is 0. The number of hydrogen-bond donors (Lipinski definition) is 2. The van der Waals surface area contributed by atoms with Crippen LogP contribution in [0, 0.1) is 0 Å². The molecule has 0 bridgehead atoms. The second kappa shape index (κ2) is 4.44. The zero-order valence-electron chi connectivity index (χ0n) is 3.90. The average molecular weight is 174 g/mol. The molecule has 0 aliphatic heterocycles. The molecule has 0 aliphatic carbocycles. The Morgan fingerprint density at radius 1 is 1.88 bits per heavy atom. The minimum atomic E-state index is -0.540. The fourth-order valence-electron chi connectivity index (χ4n) is 0.149. The lowest BCUT2D eigenvalue weighted by atomic mass is 10.4. The highest BCUT2D eigenvalue weighted by atomic mass is 35.5. The lowest BCUT2D eigenvalue weighted by Crippen LogP contribution is -2.28. The Hall–Kier alpha value is 0.560. The second-order valence-corrected chi connectivity index (χ2v) is 2.10. The Bertz CT molecular complexity index is 85.4. The van der Waals surface area contributed by atoms with E-state index in [4.69, 9.17) is 23.4 Å². The van der Waals surface area contributed by atoms with Gasteiger partial charge in [-0.15, -0.1) is 0 Å². The molecule has 0 aromatic rings. The van der Waals surface area contributed by atoms with Gasteiger partial charge in [0.1, 0.15) is 6.04 Å². The predicted molar refractivity (Wildman–Crippen MR) is 37.5 cm³/mol. The quantitative estimate of drug-likeness (QED) is 0.376. The van der Waals surface area contributed by atoms with Gasteiger partial charge >= 0.3 is 0 Å². The molecule has 5 heteroatoms. The molecule has 0 spiro atoms. The summed E-state index contributed by atoms with van der Waals surface area (Å²) in [6.45, 7) is 0. The molecule has 0 aliphatic rings. The summed E-state index contributed by atoms with van der Waals surface area (Å²) in [4.78, 5) is 12.3. The van der Waals surface area contributed by atoms with E-state index in [2.05, 4.69) is 17.5 Å². The van der Waals surface area contributed by atoms with Crippen LogP contribution >= 0.6 is 36.0 Å². The van der Waals surface area contributed by atoms with Crippen molar-refractivity contribution in [3.63, 3.8) is 0 Å². The van der Waals surface area contributed by atoms with Crippen molar-refractivity contribution < 1.29 is 4.79 Å². The zero-order chi connectivity index (χ0) is 6.57. The molecule has 0 unspecified atom stereocenters. The molecule has 0 fully saturated rings. The van der Waals surface area contributed by atoms with E-state index in [-0.39, 0.29) is 0 Å². The minimum absolute atomic E-state index is 0.311. The van der Waals surface area contributed by atoms with Crippen LogP contribution in [0.25, 0.3) is 0 Å². The number of carbonyl (C=O) groups excluding carboxylic acids is 1. The van der Waals surface area contributed by atoms with E-state index in [0.717, 1.165) is 0 Å². The Morgan fingerprint density at radius 2 is 2.38 bits per heavy atom. The number of halogens is 2. The van der Waals surface area contributed by atoms with Crippen LogP contribution in [0.5, 0.6) is 0 Å². The predicted octanol–water partition coefficient (Wildman–Crippen LogP) is 0.794. The number of thiol groups is 1. The first-order valence-electron chi connectivity index (χ1n) is 1.88. The largest absolute Gasteiger partial charge is 0.279 e. The lowest BCUT2D eigenvalue weighted by molar-refractivity contribution is -0.112. The first-order chi connectivity index (χ1) is 3.72. The molecule has 0 radical (unpaired) electrons. The van der Waals surface area contributed by atoms with E-state index in [0.29, 0.717) is 5.75 Å². The van der Waals surface area contributed by atoms with Crippen LogP contribution in [0.4, 0.5) is 0 Å². The number of rotatable bonds is 3. The molecular formula is C3H5Cl2NOS. The fourth-order valence-corrected chi connectivity index (χ4v) is 0.985. The maximum Gasteiger partial charge on any atom is 0.240 e. The van der Waals surface area contributed by atoms with Crippen molar-refractivity contribution in [1.82, 2.24) is 4.84 Å². The maximum atomic E-state index is 10.2. The summed E-state index contributed by atoms with van der Waals surface area (Å²) in [5, 5.41) is -0.519. The standard InChI is InChI=1S/C3H5Cl2NOS/c4-3(7)2(1-8)6-5/h2,6,8H,1H2/t2-/m0/s1. The van der Waals surface area contributed by atoms with Crippen molar-refractivity contribution in [2.75, 3.05) is 5.75 Å². The van der Waals surface area contributed by atoms with Crippen molar-refractivity contribution in [3.8, 4) is 0 Å². The molecule has 0 aromatic carbocycles. The van der Waals surface area contributed by atoms with E-state index in [1.54, 1.807) is 0 Å². The fraction of sp³-hybridized carbons (Fsp3) is 0.667. The molecule has 1 atom stereocenters. The molecular weight excluding hydrogens is 169 g/mol. The van der Waals surface area contributed by atoms with Crippen LogP contribution in [0.2, 0.25) is 0 Å². The van der Waals surface area contributed by atoms with Crippen molar-refractivity contribution in [2.45, 2.75) is 6.04 Å². The van der Waals surface area contributed by atoms with Crippen molar-refractivity contribution >= 4 is 41.2 Å². The van der Waals surface area contributed by atoms with Gasteiger partial charge in [0, 0.05) is 5.75 Å². The van der Waals surface area contributed by atoms with Gasteiger partial charge in [-0.1, -0.05) is 0 Å². The normalized spacial score (nSPS) is 13.4. The highest BCUT2D eigenvalue weighted by Gasteiger charge is 2.10. The highest BCUT2D eigenvalue weighted by molar-refractivity contribution is 7.80. The minimum Gasteiger partial charge on any atom is -0.279 e. The van der Waals surface area contributed by atoms with Gasteiger partial charge in [-0.05, 0) is 23.4 Å². The van der Waals surface area contributed by atoms with Crippen LogP contribution in [-0.2, 0) is 4.79 Å². The molecule has 48 valence electrons. The summed E-state index contributed by atoms with van der Waals surface area (Å²) >= 11 is 13.9. The van der Waals surface area contributed by atoms with Crippen molar-refractivity contribution in [2.24, 2.45) is 0 Å². The Morgan fingerprint density at radius 3 is 2.38 bits per heavy atom. The van der Waals surface area contributed by atoms with E-state index < -0.39 is 11.3 Å². The van der Waals surface area contributed by atoms with Gasteiger partial charge < -0.3 is 0 Å². The second-order valence-electron chi connectivity index (χ2n) is 1.15. The lowest BCUT2D eigenvalue weighted by Gasteiger charge is -2.02. The average Bonchev–Trinajstić information content (AvgIpc) is 1.69. The Balaban J connectivity index is 3.52. The van der Waals surface area contributed by atoms with Gasteiger partial charge in [0.25, 0.3) is 0 Å². The summed E-state index contributed by atoms with van der Waals surface area (Å²) in [6, 6.07) is -0.540. The van der Waals surface area contributed by atoms with Gasteiger partial charge in [-0.25, -0.2) is 4.84 Å². The highest BCUT2D eigenvalue weighted by Crippen LogP contribution is 1.94. The van der Waals surface area contributed by atoms with Crippen molar-refractivity contribution in [1.29, 1.82) is 0 Å². The van der Waals surface area contributed by atoms with Crippen LogP contribution < -0.4 is 4.84 Å². The van der Waals surface area contributed by atoms with Gasteiger partial charge in [0.2, 0.25) is 5.24 Å². The van der Waals surface area contributed by atoms with E-state index in [1.165, 1.54) is 0 Å². The first-order valence-corrected chi connectivity index (χ1v) is 3.27. The molecule has 0 saturated heterocycles.